The van der Waals surface area contributed by atoms with E-state index in [-0.39, 0.29) is 11.3 Å². The van der Waals surface area contributed by atoms with E-state index in [1.807, 2.05) is 6.07 Å². The first kappa shape index (κ1) is 14.8. The zero-order valence-electron chi connectivity index (χ0n) is 10.9. The van der Waals surface area contributed by atoms with Crippen LogP contribution in [0.5, 0.6) is 0 Å². The largest absolute Gasteiger partial charge is 0.481 e. The van der Waals surface area contributed by atoms with Gasteiger partial charge in [0.1, 0.15) is 0 Å². The number of thiophene rings is 1. The Hall–Kier alpha value is -1.60. The van der Waals surface area contributed by atoms with Crippen LogP contribution < -0.4 is 5.56 Å². The SMILES string of the molecule is CCc1ccc(Cn2ccc(=O)nc2SCC(=O)O)s1. The number of carboxylic acid groups (broad SMARTS) is 1. The van der Waals surface area contributed by atoms with Crippen LogP contribution >= 0.6 is 23.1 Å². The highest BCUT2D eigenvalue weighted by atomic mass is 32.2. The molecule has 2 heterocycles. The van der Waals surface area contributed by atoms with Gasteiger partial charge in [0.05, 0.1) is 12.3 Å². The highest BCUT2D eigenvalue weighted by Crippen LogP contribution is 2.20. The lowest BCUT2D eigenvalue weighted by molar-refractivity contribution is -0.133. The quantitative estimate of drug-likeness (QED) is 0.653. The summed E-state index contributed by atoms with van der Waals surface area (Å²) in [6.45, 7) is 2.70. The van der Waals surface area contributed by atoms with Gasteiger partial charge < -0.3 is 9.67 Å². The summed E-state index contributed by atoms with van der Waals surface area (Å²) in [5, 5.41) is 9.16. The zero-order valence-corrected chi connectivity index (χ0v) is 12.5. The first-order valence-corrected chi connectivity index (χ1v) is 7.88. The molecule has 20 heavy (non-hydrogen) atoms. The Labute approximate surface area is 124 Å². The summed E-state index contributed by atoms with van der Waals surface area (Å²) in [6.07, 6.45) is 2.65. The Balaban J connectivity index is 2.21. The van der Waals surface area contributed by atoms with Crippen LogP contribution in [0.4, 0.5) is 0 Å². The number of hydrogen-bond acceptors (Lipinski definition) is 5. The van der Waals surface area contributed by atoms with E-state index in [1.165, 1.54) is 10.9 Å². The minimum absolute atomic E-state index is 0.110. The van der Waals surface area contributed by atoms with Crippen molar-refractivity contribution in [2.24, 2.45) is 0 Å². The van der Waals surface area contributed by atoms with E-state index in [0.29, 0.717) is 11.7 Å². The number of aromatic nitrogens is 2. The van der Waals surface area contributed by atoms with Crippen molar-refractivity contribution in [2.75, 3.05) is 5.75 Å². The number of aryl methyl sites for hydroxylation is 1. The van der Waals surface area contributed by atoms with Crippen molar-refractivity contribution < 1.29 is 9.90 Å². The predicted molar refractivity (Wildman–Crippen MR) is 79.7 cm³/mol. The molecule has 0 atom stereocenters. The molecule has 0 bridgehead atoms. The van der Waals surface area contributed by atoms with Crippen molar-refractivity contribution in [2.45, 2.75) is 25.0 Å². The number of thioether (sulfide) groups is 1. The number of aliphatic carboxylic acids is 1. The second kappa shape index (κ2) is 6.71. The number of nitrogens with zero attached hydrogens (tertiary/aromatic N) is 2. The average molecular weight is 310 g/mol. The first-order valence-electron chi connectivity index (χ1n) is 6.08. The maximum Gasteiger partial charge on any atom is 0.313 e. The lowest BCUT2D eigenvalue weighted by Crippen LogP contribution is -2.14. The van der Waals surface area contributed by atoms with Crippen molar-refractivity contribution in [1.29, 1.82) is 0 Å². The normalized spacial score (nSPS) is 10.7. The number of hydrogen-bond donors (Lipinski definition) is 1. The lowest BCUT2D eigenvalue weighted by Gasteiger charge is -2.09. The van der Waals surface area contributed by atoms with E-state index in [1.54, 1.807) is 22.1 Å². The van der Waals surface area contributed by atoms with E-state index in [0.717, 1.165) is 23.1 Å². The van der Waals surface area contributed by atoms with Gasteiger partial charge in [0.2, 0.25) is 0 Å². The number of carbonyl (C=O) groups is 1. The molecule has 0 aromatic carbocycles. The van der Waals surface area contributed by atoms with Crippen LogP contribution in [0.2, 0.25) is 0 Å². The minimum Gasteiger partial charge on any atom is -0.481 e. The van der Waals surface area contributed by atoms with Crippen LogP contribution in [0.25, 0.3) is 0 Å². The van der Waals surface area contributed by atoms with Gasteiger partial charge in [-0.05, 0) is 18.6 Å². The first-order chi connectivity index (χ1) is 9.58. The van der Waals surface area contributed by atoms with Crippen molar-refractivity contribution >= 4 is 29.1 Å². The molecule has 5 nitrogen and oxygen atoms in total. The predicted octanol–water partition coefficient (Wildman–Crippen LogP) is 2.09. The summed E-state index contributed by atoms with van der Waals surface area (Å²) in [5.74, 6) is -1.04. The van der Waals surface area contributed by atoms with Gasteiger partial charge >= 0.3 is 5.97 Å². The second-order valence-electron chi connectivity index (χ2n) is 4.08. The molecular formula is C13H14N2O3S2. The van der Waals surface area contributed by atoms with Gasteiger partial charge in [-0.1, -0.05) is 18.7 Å². The maximum atomic E-state index is 11.3. The van der Waals surface area contributed by atoms with Crippen molar-refractivity contribution in [3.8, 4) is 0 Å². The molecule has 0 unspecified atom stereocenters. The summed E-state index contributed by atoms with van der Waals surface area (Å²) in [7, 11) is 0. The highest BCUT2D eigenvalue weighted by Gasteiger charge is 2.08. The Morgan fingerprint density at radius 3 is 2.80 bits per heavy atom. The maximum absolute atomic E-state index is 11.3. The molecule has 2 rings (SSSR count). The van der Waals surface area contributed by atoms with Crippen molar-refractivity contribution in [1.82, 2.24) is 9.55 Å². The fourth-order valence-corrected chi connectivity index (χ4v) is 3.30. The standard InChI is InChI=1S/C13H14N2O3S2/c1-2-9-3-4-10(20-9)7-15-6-5-11(16)14-13(15)19-8-12(17)18/h3-6H,2,7-8H2,1H3,(H,17,18). The second-order valence-corrected chi connectivity index (χ2v) is 6.28. The molecule has 0 radical (unpaired) electrons. The summed E-state index contributed by atoms with van der Waals surface area (Å²) in [5.41, 5.74) is -0.352. The van der Waals surface area contributed by atoms with E-state index in [9.17, 15) is 9.59 Å². The third-order valence-electron chi connectivity index (χ3n) is 2.57. The van der Waals surface area contributed by atoms with E-state index < -0.39 is 5.97 Å². The molecule has 0 amide bonds. The van der Waals surface area contributed by atoms with Crippen LogP contribution in [-0.2, 0) is 17.8 Å². The lowest BCUT2D eigenvalue weighted by atomic mass is 10.3. The van der Waals surface area contributed by atoms with Crippen molar-refractivity contribution in [3.05, 3.63) is 44.5 Å². The molecular weight excluding hydrogens is 296 g/mol. The smallest absolute Gasteiger partial charge is 0.313 e. The Morgan fingerprint density at radius 1 is 1.40 bits per heavy atom. The molecule has 0 spiro atoms. The topological polar surface area (TPSA) is 72.2 Å². The summed E-state index contributed by atoms with van der Waals surface area (Å²) in [6, 6.07) is 5.52. The van der Waals surface area contributed by atoms with Gasteiger partial charge in [-0.3, -0.25) is 9.59 Å². The Bertz CT molecular complexity index is 664. The van der Waals surface area contributed by atoms with E-state index >= 15 is 0 Å². The molecule has 0 saturated heterocycles. The van der Waals surface area contributed by atoms with Crippen LogP contribution in [0.15, 0.2) is 34.3 Å². The van der Waals surface area contributed by atoms with Crippen LogP contribution in [0.3, 0.4) is 0 Å². The minimum atomic E-state index is -0.927. The average Bonchev–Trinajstić information content (AvgIpc) is 2.86. The molecule has 0 saturated carbocycles. The molecule has 0 aliphatic rings. The van der Waals surface area contributed by atoms with Gasteiger partial charge in [-0.15, -0.1) is 11.3 Å². The van der Waals surface area contributed by atoms with Gasteiger partial charge in [0.25, 0.3) is 5.56 Å². The van der Waals surface area contributed by atoms with Crippen LogP contribution in [0, 0.1) is 0 Å². The van der Waals surface area contributed by atoms with Gasteiger partial charge in [0.15, 0.2) is 5.16 Å². The van der Waals surface area contributed by atoms with Gasteiger partial charge in [-0.25, -0.2) is 0 Å². The van der Waals surface area contributed by atoms with Crippen LogP contribution in [0.1, 0.15) is 16.7 Å². The van der Waals surface area contributed by atoms with Crippen LogP contribution in [-0.4, -0.2) is 26.4 Å². The summed E-state index contributed by atoms with van der Waals surface area (Å²) >= 11 is 2.77. The molecule has 0 aliphatic carbocycles. The molecule has 0 aliphatic heterocycles. The highest BCUT2D eigenvalue weighted by molar-refractivity contribution is 7.99. The molecule has 7 heteroatoms. The number of rotatable bonds is 6. The third kappa shape index (κ3) is 3.94. The molecule has 2 aromatic rings. The van der Waals surface area contributed by atoms with E-state index in [4.69, 9.17) is 5.11 Å². The summed E-state index contributed by atoms with van der Waals surface area (Å²) < 4.78 is 1.81. The molecule has 106 valence electrons. The monoisotopic (exact) mass is 310 g/mol. The molecule has 1 N–H and O–H groups in total. The van der Waals surface area contributed by atoms with E-state index in [2.05, 4.69) is 18.0 Å². The fraction of sp³-hybridized carbons (Fsp3) is 0.308. The number of carboxylic acids is 1. The zero-order chi connectivity index (χ0) is 14.5. The van der Waals surface area contributed by atoms with Gasteiger partial charge in [0, 0.05) is 22.0 Å². The Morgan fingerprint density at radius 2 is 2.15 bits per heavy atom. The Kier molecular flexibility index (Phi) is 4.97. The third-order valence-corrected chi connectivity index (χ3v) is 4.75. The van der Waals surface area contributed by atoms with Gasteiger partial charge in [-0.2, -0.15) is 4.98 Å². The summed E-state index contributed by atoms with van der Waals surface area (Å²) in [4.78, 5) is 28.3. The fourth-order valence-electron chi connectivity index (χ4n) is 1.64. The van der Waals surface area contributed by atoms with Crippen molar-refractivity contribution in [3.63, 3.8) is 0 Å². The molecule has 2 aromatic heterocycles. The molecule has 0 fully saturated rings.